The van der Waals surface area contributed by atoms with Gasteiger partial charge in [-0.1, -0.05) is 18.6 Å². The van der Waals surface area contributed by atoms with Crippen LogP contribution in [0.5, 0.6) is 0 Å². The summed E-state index contributed by atoms with van der Waals surface area (Å²) < 4.78 is 0. The van der Waals surface area contributed by atoms with Crippen LogP contribution in [0.15, 0.2) is 24.3 Å². The van der Waals surface area contributed by atoms with Gasteiger partial charge in [0.15, 0.2) is 0 Å². The molecule has 0 aliphatic carbocycles. The summed E-state index contributed by atoms with van der Waals surface area (Å²) in [7, 11) is 0. The highest BCUT2D eigenvalue weighted by Gasteiger charge is 2.16. The Balaban J connectivity index is 1.56. The highest BCUT2D eigenvalue weighted by atomic mass is 16.4. The number of carboxylic acids is 1. The van der Waals surface area contributed by atoms with Gasteiger partial charge in [-0.2, -0.15) is 0 Å². The predicted molar refractivity (Wildman–Crippen MR) is 89.2 cm³/mol. The molecule has 1 aromatic rings. The van der Waals surface area contributed by atoms with Gasteiger partial charge in [-0.05, 0) is 69.9 Å². The zero-order valence-corrected chi connectivity index (χ0v) is 13.6. The summed E-state index contributed by atoms with van der Waals surface area (Å²) in [4.78, 5) is 13.4. The molecule has 0 amide bonds. The summed E-state index contributed by atoms with van der Waals surface area (Å²) >= 11 is 0. The molecule has 2 N–H and O–H groups in total. The van der Waals surface area contributed by atoms with Crippen LogP contribution in [0, 0.1) is 0 Å². The quantitative estimate of drug-likeness (QED) is 0.725. The van der Waals surface area contributed by atoms with Crippen LogP contribution in [0.3, 0.4) is 0 Å². The number of nitrogens with zero attached hydrogens (tertiary/aromatic N) is 1. The van der Waals surface area contributed by atoms with E-state index in [-0.39, 0.29) is 0 Å². The first-order valence-electron chi connectivity index (χ1n) is 8.44. The number of hydrogen-bond acceptors (Lipinski definition) is 3. The zero-order valence-electron chi connectivity index (χ0n) is 13.6. The Bertz CT molecular complexity index is 459. The minimum Gasteiger partial charge on any atom is -0.478 e. The third-order valence-electron chi connectivity index (χ3n) is 4.52. The van der Waals surface area contributed by atoms with Gasteiger partial charge in [0.25, 0.3) is 0 Å². The molecule has 1 unspecified atom stereocenters. The molecule has 0 radical (unpaired) electrons. The topological polar surface area (TPSA) is 52.6 Å². The smallest absolute Gasteiger partial charge is 0.335 e. The molecule has 1 aromatic carbocycles. The maximum atomic E-state index is 10.8. The van der Waals surface area contributed by atoms with Crippen LogP contribution in [-0.4, -0.2) is 41.7 Å². The number of aromatic carboxylic acids is 1. The number of nitrogens with one attached hydrogen (secondary N) is 1. The van der Waals surface area contributed by atoms with Crippen LogP contribution in [0.4, 0.5) is 0 Å². The number of likely N-dealkylation sites (tertiary alicyclic amines) is 1. The van der Waals surface area contributed by atoms with Crippen LogP contribution in [-0.2, 0) is 6.54 Å². The van der Waals surface area contributed by atoms with E-state index in [0.717, 1.165) is 24.7 Å². The predicted octanol–water partition coefficient (Wildman–Crippen LogP) is 3.13. The van der Waals surface area contributed by atoms with E-state index in [1.54, 1.807) is 12.1 Å². The maximum absolute atomic E-state index is 10.8. The van der Waals surface area contributed by atoms with Crippen LogP contribution >= 0.6 is 0 Å². The summed E-state index contributed by atoms with van der Waals surface area (Å²) in [5, 5.41) is 12.3. The van der Waals surface area contributed by atoms with Crippen LogP contribution in [0.1, 0.15) is 54.9 Å². The Morgan fingerprint density at radius 3 is 2.73 bits per heavy atom. The molecule has 1 saturated heterocycles. The third kappa shape index (κ3) is 5.43. The van der Waals surface area contributed by atoms with Gasteiger partial charge in [0.05, 0.1) is 5.56 Å². The molecule has 22 heavy (non-hydrogen) atoms. The van der Waals surface area contributed by atoms with E-state index in [0.29, 0.717) is 5.56 Å². The lowest BCUT2D eigenvalue weighted by molar-refractivity contribution is 0.0697. The molecule has 1 fully saturated rings. The zero-order chi connectivity index (χ0) is 15.8. The van der Waals surface area contributed by atoms with Gasteiger partial charge >= 0.3 is 5.97 Å². The van der Waals surface area contributed by atoms with Crippen molar-refractivity contribution in [1.82, 2.24) is 10.2 Å². The van der Waals surface area contributed by atoms with Gasteiger partial charge in [-0.3, -0.25) is 0 Å². The average molecular weight is 304 g/mol. The minimum atomic E-state index is -0.869. The summed E-state index contributed by atoms with van der Waals surface area (Å²) in [5.41, 5.74) is 1.48. The molecule has 122 valence electrons. The lowest BCUT2D eigenvalue weighted by Gasteiger charge is -2.33. The van der Waals surface area contributed by atoms with Crippen molar-refractivity contribution in [3.05, 3.63) is 35.4 Å². The molecule has 4 nitrogen and oxygen atoms in total. The summed E-state index contributed by atoms with van der Waals surface area (Å²) in [6.45, 7) is 6.65. The number of carboxylic acid groups (broad SMARTS) is 1. The maximum Gasteiger partial charge on any atom is 0.335 e. The number of benzene rings is 1. The first-order valence-corrected chi connectivity index (χ1v) is 8.44. The number of piperidine rings is 1. The molecule has 1 heterocycles. The molecule has 1 aliphatic rings. The highest BCUT2D eigenvalue weighted by molar-refractivity contribution is 5.87. The largest absolute Gasteiger partial charge is 0.478 e. The van der Waals surface area contributed by atoms with E-state index in [1.165, 1.54) is 45.2 Å². The molecule has 0 bridgehead atoms. The van der Waals surface area contributed by atoms with Gasteiger partial charge in [-0.25, -0.2) is 4.79 Å². The van der Waals surface area contributed by atoms with Gasteiger partial charge in [0.1, 0.15) is 0 Å². The second-order valence-corrected chi connectivity index (χ2v) is 6.27. The van der Waals surface area contributed by atoms with Gasteiger partial charge in [-0.15, -0.1) is 0 Å². The first-order chi connectivity index (χ1) is 10.7. The van der Waals surface area contributed by atoms with Crippen LogP contribution in [0.2, 0.25) is 0 Å². The normalized spacial score (nSPS) is 19.2. The van der Waals surface area contributed by atoms with E-state index in [1.807, 2.05) is 12.1 Å². The second-order valence-electron chi connectivity index (χ2n) is 6.27. The summed E-state index contributed by atoms with van der Waals surface area (Å²) in [6, 6.07) is 7.85. The fourth-order valence-corrected chi connectivity index (χ4v) is 3.05. The van der Waals surface area contributed by atoms with Crippen molar-refractivity contribution in [1.29, 1.82) is 0 Å². The standard InChI is InChI=1S/C18H28N2O2/c1-15-6-2-4-12-20(15)13-5-3-11-19-14-16-7-9-17(10-8-16)18(21)22/h7-10,15,19H,2-6,11-14H2,1H3,(H,21,22). The Morgan fingerprint density at radius 1 is 1.27 bits per heavy atom. The van der Waals surface area contributed by atoms with E-state index in [4.69, 9.17) is 5.11 Å². The molecular weight excluding hydrogens is 276 g/mol. The fourth-order valence-electron chi connectivity index (χ4n) is 3.05. The van der Waals surface area contributed by atoms with Crippen LogP contribution < -0.4 is 5.32 Å². The van der Waals surface area contributed by atoms with Crippen molar-refractivity contribution in [2.45, 2.75) is 51.6 Å². The monoisotopic (exact) mass is 304 g/mol. The second kappa shape index (κ2) is 8.91. The molecule has 1 atom stereocenters. The Labute approximate surface area is 133 Å². The highest BCUT2D eigenvalue weighted by Crippen LogP contribution is 2.16. The average Bonchev–Trinajstić information content (AvgIpc) is 2.53. The van der Waals surface area contributed by atoms with E-state index < -0.39 is 5.97 Å². The van der Waals surface area contributed by atoms with Crippen molar-refractivity contribution in [3.8, 4) is 0 Å². The number of carbonyl (C=O) groups is 1. The Kier molecular flexibility index (Phi) is 6.87. The van der Waals surface area contributed by atoms with Crippen LogP contribution in [0.25, 0.3) is 0 Å². The van der Waals surface area contributed by atoms with Crippen molar-refractivity contribution in [2.24, 2.45) is 0 Å². The Hall–Kier alpha value is -1.39. The minimum absolute atomic E-state index is 0.347. The lowest BCUT2D eigenvalue weighted by atomic mass is 10.0. The van der Waals surface area contributed by atoms with Crippen molar-refractivity contribution in [3.63, 3.8) is 0 Å². The first kappa shape index (κ1) is 17.0. The van der Waals surface area contributed by atoms with Gasteiger partial charge in [0.2, 0.25) is 0 Å². The van der Waals surface area contributed by atoms with Crippen molar-refractivity contribution < 1.29 is 9.90 Å². The molecule has 2 rings (SSSR count). The SMILES string of the molecule is CC1CCCCN1CCCCNCc1ccc(C(=O)O)cc1. The molecule has 0 saturated carbocycles. The molecule has 0 spiro atoms. The summed E-state index contributed by atoms with van der Waals surface area (Å²) in [6.07, 6.45) is 6.53. The summed E-state index contributed by atoms with van der Waals surface area (Å²) in [5.74, 6) is -0.869. The molecule has 1 aliphatic heterocycles. The van der Waals surface area contributed by atoms with E-state index >= 15 is 0 Å². The number of hydrogen-bond donors (Lipinski definition) is 2. The van der Waals surface area contributed by atoms with E-state index in [2.05, 4.69) is 17.1 Å². The van der Waals surface area contributed by atoms with Gasteiger partial charge in [0, 0.05) is 12.6 Å². The molecular formula is C18H28N2O2. The molecule has 0 aromatic heterocycles. The number of rotatable bonds is 8. The Morgan fingerprint density at radius 2 is 2.05 bits per heavy atom. The lowest BCUT2D eigenvalue weighted by Crippen LogP contribution is -2.38. The fraction of sp³-hybridized carbons (Fsp3) is 0.611. The van der Waals surface area contributed by atoms with Crippen molar-refractivity contribution >= 4 is 5.97 Å². The van der Waals surface area contributed by atoms with Crippen molar-refractivity contribution in [2.75, 3.05) is 19.6 Å². The number of unbranched alkanes of at least 4 members (excludes halogenated alkanes) is 1. The van der Waals surface area contributed by atoms with Gasteiger partial charge < -0.3 is 15.3 Å². The van der Waals surface area contributed by atoms with E-state index in [9.17, 15) is 4.79 Å². The third-order valence-corrected chi connectivity index (χ3v) is 4.52. The molecule has 4 heteroatoms.